The number of guanidine groups is 7. The minimum absolute atomic E-state index is 0.000952. The number of carboxylic acids is 1. The van der Waals surface area contributed by atoms with Crippen LogP contribution in [-0.4, -0.2) is 248 Å². The van der Waals surface area contributed by atoms with Crippen LogP contribution in [-0.2, 0) is 62.3 Å². The molecule has 0 saturated heterocycles. The van der Waals surface area contributed by atoms with E-state index < -0.39 is 209 Å². The summed E-state index contributed by atoms with van der Waals surface area (Å²) in [7, 11) is 0. The van der Waals surface area contributed by atoms with E-state index in [9.17, 15) is 67.4 Å². The van der Waals surface area contributed by atoms with E-state index in [1.807, 2.05) is 0 Å². The molecule has 12 amide bonds. The Morgan fingerprint density at radius 1 is 0.225 bits per heavy atom. The third-order valence-corrected chi connectivity index (χ3v) is 18.5. The van der Waals surface area contributed by atoms with Gasteiger partial charge in [0.15, 0.2) is 41.7 Å². The number of aliphatic carboxylic acids is 1. The molecule has 0 aliphatic heterocycles. The van der Waals surface area contributed by atoms with Crippen molar-refractivity contribution in [3.05, 3.63) is 0 Å². The second-order valence-corrected chi connectivity index (χ2v) is 31.1. The van der Waals surface area contributed by atoms with Crippen molar-refractivity contribution in [2.45, 2.75) is 252 Å². The number of nitrogens with two attached hydrogens (primary N) is 8. The number of rotatable bonds is 59. The van der Waals surface area contributed by atoms with Gasteiger partial charge in [-0.05, 0) is 125 Å². The van der Waals surface area contributed by atoms with Crippen LogP contribution in [0.3, 0.4) is 0 Å². The second-order valence-electron chi connectivity index (χ2n) is 31.1. The molecule has 0 fully saturated rings. The molecule has 0 heterocycles. The molecule has 0 aromatic rings. The van der Waals surface area contributed by atoms with Gasteiger partial charge in [0, 0.05) is 45.8 Å². The Hall–Kier alpha value is -12.0. The molecule has 0 bridgehead atoms. The number of carbonyl (C=O) groups excluding carboxylic acids is 12. The number of carbonyl (C=O) groups is 13. The molecule has 0 aliphatic rings. The summed E-state index contributed by atoms with van der Waals surface area (Å²) in [6.45, 7) is 19.8. The fourth-order valence-corrected chi connectivity index (χ4v) is 11.8. The molecule has 0 saturated carbocycles. The maximum Gasteiger partial charge on any atom is 0.326 e. The topological polar surface area (TPSA) is 846 Å². The third-order valence-electron chi connectivity index (χ3n) is 18.5. The first-order valence-corrected chi connectivity index (χ1v) is 40.2. The Labute approximate surface area is 701 Å². The van der Waals surface area contributed by atoms with Crippen LogP contribution in [0.15, 0.2) is 0 Å². The third kappa shape index (κ3) is 45.1. The van der Waals surface area contributed by atoms with Crippen molar-refractivity contribution < 1.29 is 67.4 Å². The van der Waals surface area contributed by atoms with Gasteiger partial charge in [-0.2, -0.15) is 0 Å². The van der Waals surface area contributed by atoms with Crippen molar-refractivity contribution in [2.75, 3.05) is 45.8 Å². The monoisotopic (exact) mass is 1710 g/mol. The van der Waals surface area contributed by atoms with Gasteiger partial charge in [-0.15, -0.1) is 0 Å². The summed E-state index contributed by atoms with van der Waals surface area (Å²) in [6.07, 6.45) is 0.512. The normalized spacial score (nSPS) is 14.4. The lowest BCUT2D eigenvalue weighted by Crippen LogP contribution is -2.62. The first kappa shape index (κ1) is 108. The van der Waals surface area contributed by atoms with E-state index in [2.05, 4.69) is 101 Å². The van der Waals surface area contributed by atoms with Crippen LogP contribution in [0.4, 0.5) is 0 Å². The highest BCUT2D eigenvalue weighted by molar-refractivity contribution is 6.00. The van der Waals surface area contributed by atoms with Gasteiger partial charge in [-0.3, -0.25) is 95.4 Å². The van der Waals surface area contributed by atoms with E-state index in [0.717, 1.165) is 0 Å². The summed E-state index contributed by atoms with van der Waals surface area (Å²) in [6, 6.07) is -18.1. The molecule has 43 N–H and O–H groups in total. The maximum absolute atomic E-state index is 14.8. The van der Waals surface area contributed by atoms with Crippen molar-refractivity contribution in [1.82, 2.24) is 101 Å². The van der Waals surface area contributed by atoms with E-state index in [-0.39, 0.29) is 153 Å². The molecule has 682 valence electrons. The number of nitrogens with one attached hydrogen (secondary N) is 26. The van der Waals surface area contributed by atoms with E-state index in [1.165, 1.54) is 0 Å². The van der Waals surface area contributed by atoms with Crippen molar-refractivity contribution in [1.29, 1.82) is 37.9 Å². The van der Waals surface area contributed by atoms with Gasteiger partial charge < -0.3 is 152 Å². The Kier molecular flexibility index (Phi) is 51.4. The fourth-order valence-electron chi connectivity index (χ4n) is 11.8. The van der Waals surface area contributed by atoms with Crippen molar-refractivity contribution in [3.8, 4) is 0 Å². The molecular formula is C72H140N34O14. The van der Waals surface area contributed by atoms with Crippen molar-refractivity contribution >= 4 is 119 Å². The molecule has 0 aliphatic carbocycles. The number of amides is 12. The van der Waals surface area contributed by atoms with Gasteiger partial charge in [0.25, 0.3) is 0 Å². The summed E-state index contributed by atoms with van der Waals surface area (Å²) in [5.74, 6) is -18.5. The average molecular weight is 1710 g/mol. The molecule has 0 rings (SSSR count). The number of hydrogen-bond acceptors (Lipinski definition) is 21. The Morgan fingerprint density at radius 3 is 0.550 bits per heavy atom. The molecule has 120 heavy (non-hydrogen) atoms. The Balaban J connectivity index is 7.33. The highest BCUT2D eigenvalue weighted by atomic mass is 16.4. The summed E-state index contributed by atoms with van der Waals surface area (Å²) in [5, 5.41) is 113. The molecule has 48 heteroatoms. The minimum atomic E-state index is -1.52. The average Bonchev–Trinajstić information content (AvgIpc) is 0.844. The standard InChI is InChI=1S/C72H140N34O14/c1-34(2)47(104-64(118)52(39(11)12)103-58(112)45(25-18-32-93-71(84)85)99-61(115)49(36(5)6)106-62(116)50(37(7)8)101-56(110)43(23-16-30-91-69(80)81)95-53(107)40(73)20-13-27-88-66(74)75)59(113)97-41(21-14-28-89-67(76)77)54(108)96-44(24-17-31-92-70(82)83)57(111)102-51(38(9)10)63(117)105-48(35(3)4)60(114)98-42(22-15-29-90-68(78)79)55(109)100-46(65(119)120)26-19-33-94-72(86)87/h34-52H,13-33,73H2,1-12H3,(H,95,107)(H,96,108)(H,97,113)(H,98,114)(H,99,115)(H,100,109)(H,101,110)(H,102,111)(H,103,112)(H,104,118)(H,105,117)(H,106,116)(H,119,120)(H4,74,75,88)(H4,76,77,89)(H4,78,79,90)(H4,80,81,91)(H4,82,83,92)(H4,84,85,93)(H4,86,87,94)/t40-,41-,42-,43-,44-,45-,46-,47-,48-,49-,50-,51-,52-/m0/s1. The predicted octanol–water partition coefficient (Wildman–Crippen LogP) is -8.01. The first-order valence-electron chi connectivity index (χ1n) is 40.2. The minimum Gasteiger partial charge on any atom is -0.480 e. The highest BCUT2D eigenvalue weighted by Gasteiger charge is 2.40. The van der Waals surface area contributed by atoms with Crippen LogP contribution in [0.1, 0.15) is 173 Å². The largest absolute Gasteiger partial charge is 0.480 e. The SMILES string of the molecule is CC(C)[C@H](NC(=O)[C@H](CCCNC(=N)N)NC(=O)[C@H](CCCNC(=N)N)NC(=O)[C@@H](NC(=O)[C@@H](NC(=O)[C@H](CCCNC(=N)N)NC(=O)[C@@H](NC(=O)[C@@H](NC(=O)[C@H](CCCNC(=N)N)NC(=O)[C@@H](N)CCCNC(=N)N)C(C)C)C(C)C)C(C)C)C(C)C)C(=O)N[C@H](C(=O)N[C@@H](CCCNC(=N)N)C(=O)N[C@@H](CCCNC(=N)N)C(=O)O)C(C)C. The molecule has 0 spiro atoms. The number of hydrogen-bond donors (Lipinski definition) is 35. The lowest BCUT2D eigenvalue weighted by molar-refractivity contribution is -0.142. The Morgan fingerprint density at radius 2 is 0.367 bits per heavy atom. The molecule has 48 nitrogen and oxygen atoms in total. The summed E-state index contributed by atoms with van der Waals surface area (Å²) >= 11 is 0. The predicted molar refractivity (Wildman–Crippen MR) is 452 cm³/mol. The van der Waals surface area contributed by atoms with Gasteiger partial charge in [-0.1, -0.05) is 83.1 Å². The van der Waals surface area contributed by atoms with Crippen molar-refractivity contribution in [3.63, 3.8) is 0 Å². The van der Waals surface area contributed by atoms with Crippen LogP contribution < -0.4 is 147 Å². The lowest BCUT2D eigenvalue weighted by atomic mass is 9.97. The molecule has 0 aromatic carbocycles. The smallest absolute Gasteiger partial charge is 0.326 e. The fraction of sp³-hybridized carbons (Fsp3) is 0.722. The van der Waals surface area contributed by atoms with E-state index >= 15 is 0 Å². The Bertz CT molecular complexity index is 3430. The van der Waals surface area contributed by atoms with Gasteiger partial charge >= 0.3 is 5.97 Å². The zero-order chi connectivity index (χ0) is 91.8. The maximum atomic E-state index is 14.8. The summed E-state index contributed by atoms with van der Waals surface area (Å²) in [5.41, 5.74) is 44.4. The van der Waals surface area contributed by atoms with Crippen LogP contribution >= 0.6 is 0 Å². The van der Waals surface area contributed by atoms with Gasteiger partial charge in [-0.25, -0.2) is 4.79 Å². The van der Waals surface area contributed by atoms with Crippen molar-refractivity contribution in [2.24, 2.45) is 81.4 Å². The van der Waals surface area contributed by atoms with Crippen LogP contribution in [0, 0.1) is 73.4 Å². The van der Waals surface area contributed by atoms with E-state index in [4.69, 9.17) is 83.7 Å². The molecule has 0 unspecified atom stereocenters. The first-order chi connectivity index (χ1) is 56.0. The molecular weight excluding hydrogens is 1570 g/mol. The van der Waals surface area contributed by atoms with Gasteiger partial charge in [0.1, 0.15) is 72.5 Å². The molecule has 0 aromatic heterocycles. The van der Waals surface area contributed by atoms with Gasteiger partial charge in [0.05, 0.1) is 6.04 Å². The van der Waals surface area contributed by atoms with E-state index in [0.29, 0.717) is 6.42 Å². The lowest BCUT2D eigenvalue weighted by Gasteiger charge is -2.31. The van der Waals surface area contributed by atoms with Crippen LogP contribution in [0.5, 0.6) is 0 Å². The highest BCUT2D eigenvalue weighted by Crippen LogP contribution is 2.16. The summed E-state index contributed by atoms with van der Waals surface area (Å²) in [4.78, 5) is 185. The quantitative estimate of drug-likeness (QED) is 0.0153. The zero-order valence-corrected chi connectivity index (χ0v) is 71.2. The molecule has 0 radical (unpaired) electrons. The zero-order valence-electron chi connectivity index (χ0n) is 71.2. The van der Waals surface area contributed by atoms with Crippen LogP contribution in [0.2, 0.25) is 0 Å². The molecule has 13 atom stereocenters. The van der Waals surface area contributed by atoms with Crippen LogP contribution in [0.25, 0.3) is 0 Å². The van der Waals surface area contributed by atoms with Gasteiger partial charge in [0.2, 0.25) is 70.9 Å². The van der Waals surface area contributed by atoms with E-state index in [1.54, 1.807) is 83.1 Å². The summed E-state index contributed by atoms with van der Waals surface area (Å²) < 4.78 is 0. The number of carboxylic acid groups (broad SMARTS) is 1. The second kappa shape index (κ2) is 57.1.